The molecule has 2 rings (SSSR count). The Morgan fingerprint density at radius 1 is 1.50 bits per heavy atom. The predicted octanol–water partition coefficient (Wildman–Crippen LogP) is 1.85. The quantitative estimate of drug-likeness (QED) is 0.577. The summed E-state index contributed by atoms with van der Waals surface area (Å²) in [5.74, 6) is 0. The number of aromatic nitrogens is 2. The number of aromatic amines is 1. The van der Waals surface area contributed by atoms with Crippen LogP contribution in [0.3, 0.4) is 0 Å². The van der Waals surface area contributed by atoms with Crippen LogP contribution in [-0.2, 0) is 0 Å². The Kier molecular flexibility index (Phi) is 1.28. The molecule has 1 aliphatic rings. The Bertz CT molecular complexity index is 288. The van der Waals surface area contributed by atoms with E-state index in [0.717, 1.165) is 10.6 Å². The molecule has 0 amide bonds. The fourth-order valence-electron chi connectivity index (χ4n) is 0.680. The van der Waals surface area contributed by atoms with E-state index in [9.17, 15) is 0 Å². The third kappa shape index (κ3) is 0.841. The van der Waals surface area contributed by atoms with Crippen LogP contribution in [0.4, 0.5) is 0 Å². The van der Waals surface area contributed by atoms with Crippen molar-refractivity contribution >= 4 is 18.0 Å². The Balaban J connectivity index is 2.50. The Morgan fingerprint density at radius 2 is 2.50 bits per heavy atom. The molecule has 4 nitrogen and oxygen atoms in total. The van der Waals surface area contributed by atoms with Gasteiger partial charge in [-0.1, -0.05) is 0 Å². The normalized spacial score (nSPS) is 14.8. The van der Waals surface area contributed by atoms with E-state index in [1.54, 1.807) is 12.4 Å². The van der Waals surface area contributed by atoms with Crippen LogP contribution in [0, 0.1) is 0 Å². The average molecular weight is 152 g/mol. The second-order valence-electron chi connectivity index (χ2n) is 1.75. The molecule has 1 N–H and O–H groups in total. The maximum absolute atomic E-state index is 3.85. The number of fused-ring (bicyclic) bond motifs is 1. The van der Waals surface area contributed by atoms with Crippen LogP contribution in [0.2, 0.25) is 0 Å². The Hall–Kier alpha value is -1.10. The highest BCUT2D eigenvalue weighted by Gasteiger charge is 2.03. The maximum atomic E-state index is 3.85. The van der Waals surface area contributed by atoms with Crippen molar-refractivity contribution in [3.63, 3.8) is 0 Å². The first-order chi connectivity index (χ1) is 4.97. The minimum Gasteiger partial charge on any atom is -0.277 e. The summed E-state index contributed by atoms with van der Waals surface area (Å²) >= 11 is 1.32. The van der Waals surface area contributed by atoms with Gasteiger partial charge in [-0.25, -0.2) is 0 Å². The van der Waals surface area contributed by atoms with E-state index in [4.69, 9.17) is 0 Å². The minimum atomic E-state index is 0.968. The molecule has 0 unspecified atom stereocenters. The highest BCUT2D eigenvalue weighted by atomic mass is 32.2. The van der Waals surface area contributed by atoms with Gasteiger partial charge in [-0.15, -0.1) is 4.52 Å². The topological polar surface area (TPSA) is 53.4 Å². The molecule has 0 radical (unpaired) electrons. The van der Waals surface area contributed by atoms with E-state index in [2.05, 4.69) is 19.8 Å². The van der Waals surface area contributed by atoms with Gasteiger partial charge in [0.05, 0.1) is 23.0 Å². The van der Waals surface area contributed by atoms with Crippen LogP contribution in [0.5, 0.6) is 0 Å². The van der Waals surface area contributed by atoms with Crippen molar-refractivity contribution in [2.45, 2.75) is 4.90 Å². The van der Waals surface area contributed by atoms with E-state index in [-0.39, 0.29) is 0 Å². The van der Waals surface area contributed by atoms with Gasteiger partial charge < -0.3 is 0 Å². The third-order valence-corrected chi connectivity index (χ3v) is 1.82. The van der Waals surface area contributed by atoms with Gasteiger partial charge in [0.25, 0.3) is 0 Å². The highest BCUT2D eigenvalue weighted by molar-refractivity contribution is 7.98. The van der Waals surface area contributed by atoms with Gasteiger partial charge in [-0.2, -0.15) is 10.2 Å². The van der Waals surface area contributed by atoms with Crippen LogP contribution in [0.1, 0.15) is 5.69 Å². The monoisotopic (exact) mass is 152 g/mol. The largest absolute Gasteiger partial charge is 0.277 e. The van der Waals surface area contributed by atoms with Crippen molar-refractivity contribution in [2.75, 3.05) is 0 Å². The number of H-pyrrole nitrogens is 1. The smallest absolute Gasteiger partial charge is 0.0775 e. The molecule has 0 aromatic carbocycles. The molecule has 5 heteroatoms. The van der Waals surface area contributed by atoms with Gasteiger partial charge in [0.1, 0.15) is 0 Å². The van der Waals surface area contributed by atoms with Gasteiger partial charge in [0.2, 0.25) is 0 Å². The zero-order valence-electron chi connectivity index (χ0n) is 4.98. The van der Waals surface area contributed by atoms with Crippen LogP contribution >= 0.6 is 11.9 Å². The van der Waals surface area contributed by atoms with E-state index in [1.807, 2.05) is 6.08 Å². The summed E-state index contributed by atoms with van der Waals surface area (Å²) in [5.41, 5.74) is 0.968. The van der Waals surface area contributed by atoms with E-state index < -0.39 is 0 Å². The molecular weight excluding hydrogens is 148 g/mol. The summed E-state index contributed by atoms with van der Waals surface area (Å²) in [6.45, 7) is 0. The number of rotatable bonds is 0. The predicted molar refractivity (Wildman–Crippen MR) is 38.3 cm³/mol. The second-order valence-corrected chi connectivity index (χ2v) is 2.54. The molecule has 0 saturated heterocycles. The SMILES string of the molecule is C1=Cc2[nH]ncc2SN=N1. The summed E-state index contributed by atoms with van der Waals surface area (Å²) in [5, 5.41) is 10.4. The van der Waals surface area contributed by atoms with Gasteiger partial charge >= 0.3 is 0 Å². The molecule has 50 valence electrons. The lowest BCUT2D eigenvalue weighted by molar-refractivity contribution is 1.08. The third-order valence-electron chi connectivity index (χ3n) is 1.13. The number of hydrogen-bond donors (Lipinski definition) is 1. The van der Waals surface area contributed by atoms with Crippen LogP contribution in [-0.4, -0.2) is 10.2 Å². The summed E-state index contributed by atoms with van der Waals surface area (Å²) < 4.78 is 3.78. The molecule has 0 saturated carbocycles. The van der Waals surface area contributed by atoms with Crippen molar-refractivity contribution in [1.82, 2.24) is 10.2 Å². The Labute approximate surface area is 61.6 Å². The van der Waals surface area contributed by atoms with Crippen molar-refractivity contribution < 1.29 is 0 Å². The fourth-order valence-corrected chi connectivity index (χ4v) is 1.18. The molecule has 0 spiro atoms. The Morgan fingerprint density at radius 3 is 3.50 bits per heavy atom. The van der Waals surface area contributed by atoms with Crippen molar-refractivity contribution in [3.05, 3.63) is 18.1 Å². The lowest BCUT2D eigenvalue weighted by Gasteiger charge is -1.84. The van der Waals surface area contributed by atoms with E-state index in [0.29, 0.717) is 0 Å². The molecule has 0 fully saturated rings. The van der Waals surface area contributed by atoms with Gasteiger partial charge in [0.15, 0.2) is 0 Å². The van der Waals surface area contributed by atoms with Crippen molar-refractivity contribution in [1.29, 1.82) is 0 Å². The molecule has 1 aromatic heterocycles. The molecule has 0 bridgehead atoms. The zero-order valence-corrected chi connectivity index (χ0v) is 5.80. The molecule has 1 aliphatic heterocycles. The van der Waals surface area contributed by atoms with Crippen molar-refractivity contribution in [3.8, 4) is 0 Å². The number of nitrogens with zero attached hydrogens (tertiary/aromatic N) is 3. The molecule has 10 heavy (non-hydrogen) atoms. The first-order valence-corrected chi connectivity index (χ1v) is 3.51. The van der Waals surface area contributed by atoms with Crippen LogP contribution < -0.4 is 0 Å². The minimum absolute atomic E-state index is 0.968. The van der Waals surface area contributed by atoms with Crippen molar-refractivity contribution in [2.24, 2.45) is 9.63 Å². The first kappa shape index (κ1) is 5.67. The second kappa shape index (κ2) is 2.26. The average Bonchev–Trinajstić information content (AvgIpc) is 2.28. The van der Waals surface area contributed by atoms with E-state index in [1.165, 1.54) is 11.9 Å². The lowest BCUT2D eigenvalue weighted by Crippen LogP contribution is -1.70. The summed E-state index contributed by atoms with van der Waals surface area (Å²) in [6, 6.07) is 0. The standard InChI is InChI=1S/C5H4N4S/c1-2-6-9-10-5-3-7-8-4(1)5/h1-3H,(H,7,8). The van der Waals surface area contributed by atoms with E-state index >= 15 is 0 Å². The fraction of sp³-hybridized carbons (Fsp3) is 0. The van der Waals surface area contributed by atoms with Crippen LogP contribution in [0.15, 0.2) is 26.9 Å². The molecule has 0 aliphatic carbocycles. The zero-order chi connectivity index (χ0) is 6.81. The number of nitrogens with one attached hydrogen (secondary N) is 1. The molecule has 1 aromatic rings. The summed E-state index contributed by atoms with van der Waals surface area (Å²) in [6.07, 6.45) is 5.21. The summed E-state index contributed by atoms with van der Waals surface area (Å²) in [7, 11) is 0. The van der Waals surface area contributed by atoms with Gasteiger partial charge in [-0.3, -0.25) is 5.10 Å². The molecule has 2 heterocycles. The van der Waals surface area contributed by atoms with Crippen LogP contribution in [0.25, 0.3) is 6.08 Å². The lowest BCUT2D eigenvalue weighted by atomic mass is 10.4. The van der Waals surface area contributed by atoms with Gasteiger partial charge in [-0.05, 0) is 6.08 Å². The summed E-state index contributed by atoms with van der Waals surface area (Å²) in [4.78, 5) is 1.01. The highest BCUT2D eigenvalue weighted by Crippen LogP contribution is 2.25. The maximum Gasteiger partial charge on any atom is 0.0775 e. The first-order valence-electron chi connectivity index (χ1n) is 2.74. The number of hydrogen-bond acceptors (Lipinski definition) is 4. The molecular formula is C5H4N4S. The van der Waals surface area contributed by atoms with Gasteiger partial charge in [0, 0.05) is 11.9 Å². The molecule has 0 atom stereocenters.